The van der Waals surface area contributed by atoms with Gasteiger partial charge >= 0.3 is 0 Å². The number of halogens is 1. The molecule has 1 aliphatic carbocycles. The van der Waals surface area contributed by atoms with Crippen LogP contribution in [-0.2, 0) is 15.9 Å². The number of imidazole rings is 1. The number of rotatable bonds is 5. The maximum Gasteiger partial charge on any atom is 0.229 e. The SMILES string of the molecule is CC(C)(O)CC(=O)Nc1nc2c(F)cc(C(C)(C)O)cc2n1C1(C)CCC1. The van der Waals surface area contributed by atoms with E-state index in [1.165, 1.54) is 6.07 Å². The Morgan fingerprint density at radius 2 is 1.93 bits per heavy atom. The predicted octanol–water partition coefficient (Wildman–Crippen LogP) is 3.40. The number of nitrogens with zero attached hydrogens (tertiary/aromatic N) is 2. The van der Waals surface area contributed by atoms with Gasteiger partial charge in [0.15, 0.2) is 5.82 Å². The zero-order valence-corrected chi connectivity index (χ0v) is 16.6. The van der Waals surface area contributed by atoms with Crippen LogP contribution in [0.25, 0.3) is 11.0 Å². The molecule has 27 heavy (non-hydrogen) atoms. The van der Waals surface area contributed by atoms with Crippen molar-refractivity contribution in [2.75, 3.05) is 5.32 Å². The molecule has 1 aromatic heterocycles. The standard InChI is InChI=1S/C20H28FN3O3/c1-18(2,26)11-15(25)22-17-23-16-13(21)9-12(19(3,4)27)10-14(16)24(17)20(5)7-6-8-20/h9-10,26-27H,6-8,11H2,1-5H3,(H,22,23,25). The highest BCUT2D eigenvalue weighted by Gasteiger charge is 2.38. The van der Waals surface area contributed by atoms with Gasteiger partial charge in [-0.05, 0) is 71.6 Å². The molecule has 0 radical (unpaired) electrons. The second-order valence-electron chi connectivity index (χ2n) is 9.04. The molecule has 6 nitrogen and oxygen atoms in total. The van der Waals surface area contributed by atoms with Crippen LogP contribution in [0.3, 0.4) is 0 Å². The summed E-state index contributed by atoms with van der Waals surface area (Å²) in [6.07, 6.45) is 2.73. The zero-order chi connectivity index (χ0) is 20.2. The Morgan fingerprint density at radius 1 is 1.30 bits per heavy atom. The first-order valence-corrected chi connectivity index (χ1v) is 9.28. The van der Waals surface area contributed by atoms with Gasteiger partial charge in [-0.25, -0.2) is 9.37 Å². The Labute approximate surface area is 158 Å². The average Bonchev–Trinajstić information content (AvgIpc) is 2.80. The van der Waals surface area contributed by atoms with Crippen molar-refractivity contribution in [1.82, 2.24) is 9.55 Å². The lowest BCUT2D eigenvalue weighted by Gasteiger charge is -2.41. The monoisotopic (exact) mass is 377 g/mol. The maximum absolute atomic E-state index is 14.7. The van der Waals surface area contributed by atoms with Crippen LogP contribution in [0.5, 0.6) is 0 Å². The van der Waals surface area contributed by atoms with Crippen molar-refractivity contribution >= 4 is 22.9 Å². The first-order valence-electron chi connectivity index (χ1n) is 9.28. The molecule has 0 aliphatic heterocycles. The smallest absolute Gasteiger partial charge is 0.229 e. The maximum atomic E-state index is 14.7. The van der Waals surface area contributed by atoms with E-state index < -0.39 is 17.0 Å². The highest BCUT2D eigenvalue weighted by Crippen LogP contribution is 2.44. The molecule has 148 valence electrons. The fourth-order valence-electron chi connectivity index (χ4n) is 3.59. The fraction of sp³-hybridized carbons (Fsp3) is 0.600. The highest BCUT2D eigenvalue weighted by atomic mass is 19.1. The van der Waals surface area contributed by atoms with Crippen LogP contribution >= 0.6 is 0 Å². The number of fused-ring (bicyclic) bond motifs is 1. The molecule has 1 aromatic carbocycles. The van der Waals surface area contributed by atoms with Gasteiger partial charge in [-0.1, -0.05) is 0 Å². The number of nitrogens with one attached hydrogen (secondary N) is 1. The summed E-state index contributed by atoms with van der Waals surface area (Å²) in [4.78, 5) is 16.7. The third-order valence-corrected chi connectivity index (χ3v) is 5.24. The van der Waals surface area contributed by atoms with Gasteiger partial charge in [0.25, 0.3) is 0 Å². The van der Waals surface area contributed by atoms with Gasteiger partial charge in [0.05, 0.1) is 23.1 Å². The molecule has 1 amide bonds. The molecule has 7 heteroatoms. The lowest BCUT2D eigenvalue weighted by molar-refractivity contribution is -0.119. The largest absolute Gasteiger partial charge is 0.390 e. The number of benzene rings is 1. The van der Waals surface area contributed by atoms with Crippen molar-refractivity contribution in [3.63, 3.8) is 0 Å². The van der Waals surface area contributed by atoms with Gasteiger partial charge in [0, 0.05) is 5.54 Å². The van der Waals surface area contributed by atoms with E-state index in [-0.39, 0.29) is 29.3 Å². The molecule has 1 heterocycles. The van der Waals surface area contributed by atoms with Crippen molar-refractivity contribution in [3.05, 3.63) is 23.5 Å². The van der Waals surface area contributed by atoms with E-state index in [2.05, 4.69) is 17.2 Å². The van der Waals surface area contributed by atoms with Gasteiger partial charge in [0.1, 0.15) is 5.52 Å². The molecule has 0 saturated heterocycles. The van der Waals surface area contributed by atoms with Gasteiger partial charge in [-0.15, -0.1) is 0 Å². The van der Waals surface area contributed by atoms with Gasteiger partial charge < -0.3 is 14.8 Å². The van der Waals surface area contributed by atoms with Gasteiger partial charge in [0.2, 0.25) is 11.9 Å². The molecule has 1 fully saturated rings. The number of hydrogen-bond donors (Lipinski definition) is 3. The third kappa shape index (κ3) is 3.84. The molecule has 1 saturated carbocycles. The average molecular weight is 377 g/mol. The fourth-order valence-corrected chi connectivity index (χ4v) is 3.59. The quantitative estimate of drug-likeness (QED) is 0.745. The molecule has 0 unspecified atom stereocenters. The van der Waals surface area contributed by atoms with Crippen LogP contribution < -0.4 is 5.32 Å². The minimum absolute atomic E-state index is 0.0929. The molecule has 3 N–H and O–H groups in total. The zero-order valence-electron chi connectivity index (χ0n) is 16.6. The summed E-state index contributed by atoms with van der Waals surface area (Å²) in [7, 11) is 0. The summed E-state index contributed by atoms with van der Waals surface area (Å²) in [5.74, 6) is -0.650. The molecule has 3 rings (SSSR count). The first-order chi connectivity index (χ1) is 12.3. The highest BCUT2D eigenvalue weighted by molar-refractivity contribution is 5.92. The Hall–Kier alpha value is -1.99. The Kier molecular flexibility index (Phi) is 4.59. The van der Waals surface area contributed by atoms with Crippen molar-refractivity contribution in [1.29, 1.82) is 0 Å². The van der Waals surface area contributed by atoms with Crippen LogP contribution in [0.15, 0.2) is 12.1 Å². The Balaban J connectivity index is 2.14. The van der Waals surface area contributed by atoms with Crippen LogP contribution in [-0.4, -0.2) is 31.3 Å². The van der Waals surface area contributed by atoms with Crippen LogP contribution in [0.1, 0.15) is 65.9 Å². The molecular formula is C20H28FN3O3. The van der Waals surface area contributed by atoms with Crippen LogP contribution in [0.2, 0.25) is 0 Å². The van der Waals surface area contributed by atoms with E-state index in [1.54, 1.807) is 33.8 Å². The molecule has 0 bridgehead atoms. The summed E-state index contributed by atoms with van der Waals surface area (Å²) in [5.41, 5.74) is -1.47. The Bertz CT molecular complexity index is 886. The molecule has 2 aromatic rings. The minimum atomic E-state index is -1.20. The summed E-state index contributed by atoms with van der Waals surface area (Å²) in [5, 5.41) is 23.0. The first kappa shape index (κ1) is 19.8. The minimum Gasteiger partial charge on any atom is -0.390 e. The molecule has 1 aliphatic rings. The molecular weight excluding hydrogens is 349 g/mol. The summed E-state index contributed by atoms with van der Waals surface area (Å²) in [6.45, 7) is 8.37. The number of carbonyl (C=O) groups is 1. The van der Waals surface area contributed by atoms with Gasteiger partial charge in [-0.2, -0.15) is 0 Å². The topological polar surface area (TPSA) is 87.4 Å². The number of aliphatic hydroxyl groups is 2. The number of anilines is 1. The van der Waals surface area contributed by atoms with E-state index in [0.717, 1.165) is 19.3 Å². The van der Waals surface area contributed by atoms with E-state index in [1.807, 2.05) is 4.57 Å². The third-order valence-electron chi connectivity index (χ3n) is 5.24. The number of amides is 1. The van der Waals surface area contributed by atoms with E-state index in [0.29, 0.717) is 11.1 Å². The number of hydrogen-bond acceptors (Lipinski definition) is 4. The normalized spacial score (nSPS) is 17.0. The number of aromatic nitrogens is 2. The van der Waals surface area contributed by atoms with Gasteiger partial charge in [-0.3, -0.25) is 10.1 Å². The van der Waals surface area contributed by atoms with Crippen molar-refractivity contribution < 1.29 is 19.4 Å². The summed E-state index contributed by atoms with van der Waals surface area (Å²) < 4.78 is 16.6. The summed E-state index contributed by atoms with van der Waals surface area (Å²) in [6, 6.07) is 3.02. The predicted molar refractivity (Wildman–Crippen MR) is 102 cm³/mol. The Morgan fingerprint density at radius 3 is 2.41 bits per heavy atom. The van der Waals surface area contributed by atoms with Crippen molar-refractivity contribution in [2.45, 2.75) is 77.0 Å². The van der Waals surface area contributed by atoms with E-state index in [9.17, 15) is 19.4 Å². The summed E-state index contributed by atoms with van der Waals surface area (Å²) >= 11 is 0. The van der Waals surface area contributed by atoms with E-state index >= 15 is 0 Å². The second-order valence-corrected chi connectivity index (χ2v) is 9.04. The molecule has 0 spiro atoms. The van der Waals surface area contributed by atoms with Crippen LogP contribution in [0, 0.1) is 5.82 Å². The van der Waals surface area contributed by atoms with E-state index in [4.69, 9.17) is 0 Å². The lowest BCUT2D eigenvalue weighted by atomic mass is 9.78. The van der Waals surface area contributed by atoms with Crippen molar-refractivity contribution in [3.8, 4) is 0 Å². The van der Waals surface area contributed by atoms with Crippen molar-refractivity contribution in [2.24, 2.45) is 0 Å². The van der Waals surface area contributed by atoms with Crippen LogP contribution in [0.4, 0.5) is 10.3 Å². The second kappa shape index (κ2) is 6.27. The lowest BCUT2D eigenvalue weighted by Crippen LogP contribution is -2.39. The number of carbonyl (C=O) groups excluding carboxylic acids is 1. The molecule has 0 atom stereocenters.